The monoisotopic (exact) mass is 563 g/mol. The Morgan fingerprint density at radius 2 is 1.93 bits per heavy atom. The number of nitrogens with zero attached hydrogens (tertiary/aromatic N) is 3. The number of urea groups is 1. The van der Waals surface area contributed by atoms with Crippen LogP contribution in [0.15, 0.2) is 39.9 Å². The first-order valence-electron chi connectivity index (χ1n) is 14.3. The van der Waals surface area contributed by atoms with Gasteiger partial charge in [-0.1, -0.05) is 6.07 Å². The van der Waals surface area contributed by atoms with Crippen molar-refractivity contribution in [2.24, 2.45) is 5.92 Å². The van der Waals surface area contributed by atoms with Gasteiger partial charge in [0, 0.05) is 49.8 Å². The molecule has 0 radical (unpaired) electrons. The summed E-state index contributed by atoms with van der Waals surface area (Å²) < 4.78 is 23.5. The van der Waals surface area contributed by atoms with Crippen LogP contribution in [0.3, 0.4) is 0 Å². The predicted molar refractivity (Wildman–Crippen MR) is 152 cm³/mol. The van der Waals surface area contributed by atoms with Crippen molar-refractivity contribution in [3.63, 3.8) is 0 Å². The molecule has 3 heterocycles. The lowest BCUT2D eigenvalue weighted by atomic mass is 10.0. The Morgan fingerprint density at radius 3 is 2.68 bits per heavy atom. The topological polar surface area (TPSA) is 115 Å². The highest BCUT2D eigenvalue weighted by atomic mass is 19.1. The molecule has 1 aromatic heterocycles. The average molecular weight is 564 g/mol. The number of amides is 3. The number of carbonyl (C=O) groups excluding carboxylic acids is 2. The van der Waals surface area contributed by atoms with E-state index < -0.39 is 23.1 Å². The van der Waals surface area contributed by atoms with Crippen LogP contribution in [0.4, 0.5) is 14.9 Å². The Balaban J connectivity index is 1.20. The number of hydrogen-bond acceptors (Lipinski definition) is 5. The summed E-state index contributed by atoms with van der Waals surface area (Å²) in [6.45, 7) is 5.27. The Kier molecular flexibility index (Phi) is 7.04. The highest BCUT2D eigenvalue weighted by molar-refractivity contribution is 5.95. The van der Waals surface area contributed by atoms with Crippen LogP contribution in [0.2, 0.25) is 0 Å². The Labute approximate surface area is 236 Å². The van der Waals surface area contributed by atoms with E-state index in [9.17, 15) is 19.2 Å². The van der Waals surface area contributed by atoms with Crippen LogP contribution in [-0.4, -0.2) is 51.7 Å². The minimum absolute atomic E-state index is 0.129. The Bertz CT molecular complexity index is 1660. The van der Waals surface area contributed by atoms with Gasteiger partial charge in [-0.15, -0.1) is 0 Å². The van der Waals surface area contributed by atoms with E-state index in [-0.39, 0.29) is 41.1 Å². The minimum atomic E-state index is -0.736. The van der Waals surface area contributed by atoms with Gasteiger partial charge in [-0.2, -0.15) is 0 Å². The SMILES string of the molecule is CC(C)n1c(=O)n(CC2CC2)c(=O)c2cc(NC(=O)N3CCC[C@@H](NC(=O)c4ccc5c(c4)OCC5)C3)c(F)cc21. The third-order valence-corrected chi connectivity index (χ3v) is 8.16. The molecule has 2 aromatic carbocycles. The van der Waals surface area contributed by atoms with E-state index in [1.54, 1.807) is 12.1 Å². The number of likely N-dealkylation sites (tertiary alicyclic amines) is 1. The summed E-state index contributed by atoms with van der Waals surface area (Å²) in [7, 11) is 0. The average Bonchev–Trinajstić information content (AvgIpc) is 3.65. The molecule has 3 aliphatic rings. The maximum Gasteiger partial charge on any atom is 0.331 e. The fraction of sp³-hybridized carbons (Fsp3) is 0.467. The maximum atomic E-state index is 15.3. The lowest BCUT2D eigenvalue weighted by molar-refractivity contribution is 0.0912. The van der Waals surface area contributed by atoms with Gasteiger partial charge in [-0.3, -0.25) is 18.7 Å². The standard InChI is InChI=1S/C30H34FN5O5/c1-17(2)36-25-14-23(31)24(13-22(25)28(38)35(30(36)40)15-18-5-6-18)33-29(39)34-10-3-4-21(16-34)32-27(37)20-8-7-19-9-11-41-26(19)12-20/h7-8,12-14,17-18,21H,3-6,9-11,15-16H2,1-2H3,(H,32,37)(H,33,39)/t21-/m1/s1. The number of piperidine rings is 1. The van der Waals surface area contributed by atoms with Gasteiger partial charge in [0.1, 0.15) is 11.6 Å². The molecule has 0 spiro atoms. The molecule has 41 heavy (non-hydrogen) atoms. The smallest absolute Gasteiger partial charge is 0.331 e. The number of benzene rings is 2. The van der Waals surface area contributed by atoms with Gasteiger partial charge in [-0.05, 0) is 69.2 Å². The van der Waals surface area contributed by atoms with Crippen molar-refractivity contribution in [3.05, 3.63) is 68.1 Å². The second kappa shape index (κ2) is 10.7. The second-order valence-corrected chi connectivity index (χ2v) is 11.6. The van der Waals surface area contributed by atoms with E-state index in [1.807, 2.05) is 19.9 Å². The zero-order valence-corrected chi connectivity index (χ0v) is 23.2. The number of nitrogens with one attached hydrogen (secondary N) is 2. The number of ether oxygens (including phenoxy) is 1. The van der Waals surface area contributed by atoms with Gasteiger partial charge in [0.15, 0.2) is 0 Å². The molecule has 6 rings (SSSR count). The third-order valence-electron chi connectivity index (χ3n) is 8.16. The van der Waals surface area contributed by atoms with Gasteiger partial charge in [-0.25, -0.2) is 14.0 Å². The highest BCUT2D eigenvalue weighted by Crippen LogP contribution is 2.30. The molecule has 1 aliphatic carbocycles. The highest BCUT2D eigenvalue weighted by Gasteiger charge is 2.28. The summed E-state index contributed by atoms with van der Waals surface area (Å²) in [5, 5.41) is 5.79. The zero-order chi connectivity index (χ0) is 28.8. The number of aromatic nitrogens is 2. The van der Waals surface area contributed by atoms with E-state index >= 15 is 4.39 Å². The maximum absolute atomic E-state index is 15.3. The van der Waals surface area contributed by atoms with E-state index in [0.29, 0.717) is 44.0 Å². The van der Waals surface area contributed by atoms with E-state index in [1.165, 1.54) is 20.1 Å². The first kappa shape index (κ1) is 27.0. The lowest BCUT2D eigenvalue weighted by Crippen LogP contribution is -2.50. The van der Waals surface area contributed by atoms with Crippen LogP contribution in [0, 0.1) is 11.7 Å². The first-order valence-corrected chi connectivity index (χ1v) is 14.3. The lowest BCUT2D eigenvalue weighted by Gasteiger charge is -2.33. The molecule has 11 heteroatoms. The summed E-state index contributed by atoms with van der Waals surface area (Å²) in [6, 6.07) is 6.80. The molecular formula is C30H34FN5O5. The van der Waals surface area contributed by atoms with Crippen LogP contribution in [0.5, 0.6) is 5.75 Å². The molecular weight excluding hydrogens is 529 g/mol. The number of carbonyl (C=O) groups is 2. The van der Waals surface area contributed by atoms with Crippen LogP contribution in [-0.2, 0) is 13.0 Å². The van der Waals surface area contributed by atoms with Crippen LogP contribution >= 0.6 is 0 Å². The summed E-state index contributed by atoms with van der Waals surface area (Å²) in [5.41, 5.74) is 0.720. The van der Waals surface area contributed by atoms with Gasteiger partial charge in [0.25, 0.3) is 11.5 Å². The normalized spacial score (nSPS) is 18.3. The largest absolute Gasteiger partial charge is 0.493 e. The molecule has 1 saturated heterocycles. The Morgan fingerprint density at radius 1 is 1.12 bits per heavy atom. The predicted octanol–water partition coefficient (Wildman–Crippen LogP) is 3.65. The fourth-order valence-electron chi connectivity index (χ4n) is 5.76. The van der Waals surface area contributed by atoms with Crippen LogP contribution < -0.4 is 26.6 Å². The van der Waals surface area contributed by atoms with E-state index in [2.05, 4.69) is 10.6 Å². The molecule has 0 bridgehead atoms. The minimum Gasteiger partial charge on any atom is -0.493 e. The van der Waals surface area contributed by atoms with Crippen molar-refractivity contribution in [2.75, 3.05) is 25.0 Å². The number of hydrogen-bond donors (Lipinski definition) is 2. The summed E-state index contributed by atoms with van der Waals surface area (Å²) in [5.74, 6) is 0.0422. The quantitative estimate of drug-likeness (QED) is 0.475. The number of halogens is 1. The fourth-order valence-corrected chi connectivity index (χ4v) is 5.76. The third kappa shape index (κ3) is 5.32. The summed E-state index contributed by atoms with van der Waals surface area (Å²) in [4.78, 5) is 54.1. The van der Waals surface area contributed by atoms with Gasteiger partial charge in [0.2, 0.25) is 0 Å². The van der Waals surface area contributed by atoms with Gasteiger partial charge in [0.05, 0.1) is 23.2 Å². The van der Waals surface area contributed by atoms with Gasteiger partial charge < -0.3 is 20.3 Å². The molecule has 0 unspecified atom stereocenters. The number of rotatable bonds is 6. The molecule has 3 aromatic rings. The molecule has 3 amide bonds. The number of anilines is 1. The zero-order valence-electron chi connectivity index (χ0n) is 23.2. The summed E-state index contributed by atoms with van der Waals surface area (Å²) in [6.07, 6.45) is 4.13. The molecule has 2 fully saturated rings. The van der Waals surface area contributed by atoms with E-state index in [4.69, 9.17) is 4.74 Å². The van der Waals surface area contributed by atoms with Gasteiger partial charge >= 0.3 is 11.7 Å². The molecule has 2 aliphatic heterocycles. The summed E-state index contributed by atoms with van der Waals surface area (Å²) >= 11 is 0. The second-order valence-electron chi connectivity index (χ2n) is 11.6. The molecule has 1 saturated carbocycles. The van der Waals surface area contributed by atoms with Crippen molar-refractivity contribution in [1.82, 2.24) is 19.4 Å². The molecule has 2 N–H and O–H groups in total. The van der Waals surface area contributed by atoms with Crippen molar-refractivity contribution in [1.29, 1.82) is 0 Å². The van der Waals surface area contributed by atoms with Crippen LogP contribution in [0.25, 0.3) is 10.9 Å². The van der Waals surface area contributed by atoms with Crippen molar-refractivity contribution < 1.29 is 18.7 Å². The van der Waals surface area contributed by atoms with Crippen LogP contribution in [0.1, 0.15) is 61.5 Å². The molecule has 10 nitrogen and oxygen atoms in total. The molecule has 216 valence electrons. The van der Waals surface area contributed by atoms with E-state index in [0.717, 1.165) is 36.6 Å². The van der Waals surface area contributed by atoms with Crippen molar-refractivity contribution >= 4 is 28.5 Å². The first-order chi connectivity index (χ1) is 19.7. The number of fused-ring (bicyclic) bond motifs is 2. The Hall–Kier alpha value is -4.15. The molecule has 1 atom stereocenters. The van der Waals surface area contributed by atoms with Crippen molar-refractivity contribution in [3.8, 4) is 5.75 Å². The van der Waals surface area contributed by atoms with Crippen molar-refractivity contribution in [2.45, 2.75) is 64.6 Å².